The number of nitrogens with one attached hydrogen (secondary N) is 2. The highest BCUT2D eigenvalue weighted by atomic mass is 32.1. The number of hydrogen-bond donors (Lipinski definition) is 2. The first-order valence-electron chi connectivity index (χ1n) is 14.9. The van der Waals surface area contributed by atoms with Crippen LogP contribution < -0.4 is 10.6 Å². The molecule has 1 saturated carbocycles. The minimum absolute atomic E-state index is 0.0657. The molecule has 0 amide bonds. The van der Waals surface area contributed by atoms with Crippen molar-refractivity contribution in [1.82, 2.24) is 25.0 Å². The molecular formula is C34H26F3N9S. The van der Waals surface area contributed by atoms with Crippen LogP contribution in [-0.4, -0.2) is 31.1 Å². The summed E-state index contributed by atoms with van der Waals surface area (Å²) in [5.41, 5.74) is 4.42. The van der Waals surface area contributed by atoms with E-state index in [1.165, 1.54) is 23.7 Å². The van der Waals surface area contributed by atoms with Gasteiger partial charge >= 0.3 is 6.18 Å². The summed E-state index contributed by atoms with van der Waals surface area (Å²) in [6, 6.07) is 22.4. The van der Waals surface area contributed by atoms with Crippen molar-refractivity contribution in [2.45, 2.75) is 50.0 Å². The van der Waals surface area contributed by atoms with E-state index in [0.29, 0.717) is 27.8 Å². The third-order valence-electron chi connectivity index (χ3n) is 8.65. The van der Waals surface area contributed by atoms with Crippen molar-refractivity contribution in [2.75, 3.05) is 10.6 Å². The Morgan fingerprint density at radius 1 is 1.00 bits per heavy atom. The number of hydrogen-bond acceptors (Lipinski definition) is 9. The Morgan fingerprint density at radius 3 is 2.49 bits per heavy atom. The Hall–Kier alpha value is -5.53. The Kier molecular flexibility index (Phi) is 7.49. The maximum Gasteiger partial charge on any atom is 0.413 e. The predicted molar refractivity (Wildman–Crippen MR) is 173 cm³/mol. The van der Waals surface area contributed by atoms with E-state index in [9.17, 15) is 23.7 Å². The summed E-state index contributed by atoms with van der Waals surface area (Å²) in [6.07, 6.45) is -1.08. The first-order valence-corrected chi connectivity index (χ1v) is 15.8. The lowest BCUT2D eigenvalue weighted by molar-refractivity contribution is -0.182. The standard InChI is InChI=1S/C34H26F3N9S/c1-2-26(20-7-4-3-5-8-20)43-30-22(16-39)17-40-29-21(15-38)13-23(14-25(29)30)42-31(24-9-6-10-27-32(24)47-19-41-27)28-18-46(45-44-28)33(11-12-33)34(35,36)37/h3-10,13-14,17-19,26,31,42H,2,11-12H2,1H3,(H,40,43)/t26-,31+/m1/s1. The van der Waals surface area contributed by atoms with Crippen LogP contribution in [0.1, 0.15) is 66.2 Å². The van der Waals surface area contributed by atoms with E-state index in [1.807, 2.05) is 55.5 Å². The fourth-order valence-corrected chi connectivity index (χ4v) is 6.82. The first kappa shape index (κ1) is 30.1. The lowest BCUT2D eigenvalue weighted by atomic mass is 10.00. The molecule has 3 aromatic heterocycles. The maximum absolute atomic E-state index is 14.0. The average molecular weight is 650 g/mol. The van der Waals surface area contributed by atoms with Crippen molar-refractivity contribution in [3.8, 4) is 12.1 Å². The third-order valence-corrected chi connectivity index (χ3v) is 9.54. The van der Waals surface area contributed by atoms with Gasteiger partial charge in [-0.2, -0.15) is 23.7 Å². The second kappa shape index (κ2) is 11.7. The second-order valence-corrected chi connectivity index (χ2v) is 12.3. The zero-order valence-electron chi connectivity index (χ0n) is 25.0. The number of fused-ring (bicyclic) bond motifs is 2. The Labute approximate surface area is 271 Å². The number of pyridine rings is 1. The van der Waals surface area contributed by atoms with Crippen LogP contribution >= 0.6 is 11.3 Å². The SMILES string of the molecule is CC[C@@H](Nc1c(C#N)cnc2c(C#N)cc(N[C@H](c3cn(C4(C(F)(F)F)CC4)nn3)c3cccc4ncsc34)cc12)c1ccccc1. The molecule has 234 valence electrons. The van der Waals surface area contributed by atoms with E-state index >= 15 is 0 Å². The molecule has 47 heavy (non-hydrogen) atoms. The average Bonchev–Trinajstić information content (AvgIpc) is 3.52. The summed E-state index contributed by atoms with van der Waals surface area (Å²) >= 11 is 1.41. The molecule has 1 fully saturated rings. The number of halogens is 3. The van der Waals surface area contributed by atoms with Crippen molar-refractivity contribution >= 4 is 43.8 Å². The van der Waals surface area contributed by atoms with E-state index < -0.39 is 17.8 Å². The number of rotatable bonds is 9. The summed E-state index contributed by atoms with van der Waals surface area (Å²) in [7, 11) is 0. The highest BCUT2D eigenvalue weighted by Gasteiger charge is 2.66. The monoisotopic (exact) mass is 649 g/mol. The molecule has 1 aliphatic rings. The molecule has 2 N–H and O–H groups in total. The Balaban J connectivity index is 1.36. The summed E-state index contributed by atoms with van der Waals surface area (Å²) in [5.74, 6) is 0. The molecule has 3 aromatic carbocycles. The van der Waals surface area contributed by atoms with Gasteiger partial charge in [0.15, 0.2) is 5.54 Å². The van der Waals surface area contributed by atoms with E-state index in [0.717, 1.165) is 32.4 Å². The minimum Gasteiger partial charge on any atom is -0.377 e. The number of nitriles is 2. The summed E-state index contributed by atoms with van der Waals surface area (Å²) in [6.45, 7) is 2.04. The number of alkyl halides is 3. The molecule has 0 radical (unpaired) electrons. The smallest absolute Gasteiger partial charge is 0.377 e. The van der Waals surface area contributed by atoms with Gasteiger partial charge < -0.3 is 10.6 Å². The summed E-state index contributed by atoms with van der Waals surface area (Å²) in [5, 5.41) is 36.0. The van der Waals surface area contributed by atoms with E-state index in [4.69, 9.17) is 0 Å². The second-order valence-electron chi connectivity index (χ2n) is 11.4. The van der Waals surface area contributed by atoms with E-state index in [2.05, 4.69) is 43.1 Å². The molecule has 6 aromatic rings. The highest BCUT2D eigenvalue weighted by molar-refractivity contribution is 7.17. The molecule has 1 aliphatic carbocycles. The van der Waals surface area contributed by atoms with Crippen molar-refractivity contribution in [1.29, 1.82) is 10.5 Å². The molecule has 7 rings (SSSR count). The molecule has 0 aliphatic heterocycles. The fourth-order valence-electron chi connectivity index (χ4n) is 5.98. The van der Waals surface area contributed by atoms with Crippen LogP contribution in [0.4, 0.5) is 24.5 Å². The van der Waals surface area contributed by atoms with Crippen LogP contribution in [0.5, 0.6) is 0 Å². The van der Waals surface area contributed by atoms with Gasteiger partial charge in [0.05, 0.1) is 56.3 Å². The van der Waals surface area contributed by atoms with Gasteiger partial charge in [0.2, 0.25) is 0 Å². The molecular weight excluding hydrogens is 623 g/mol. The predicted octanol–water partition coefficient (Wildman–Crippen LogP) is 8.00. The molecule has 0 spiro atoms. The number of anilines is 2. The fraction of sp³-hybridized carbons (Fsp3) is 0.235. The van der Waals surface area contributed by atoms with Crippen LogP contribution in [0.3, 0.4) is 0 Å². The zero-order chi connectivity index (χ0) is 32.8. The quantitative estimate of drug-likeness (QED) is 0.161. The number of thiazole rings is 1. The molecule has 0 bridgehead atoms. The zero-order valence-corrected chi connectivity index (χ0v) is 25.8. The van der Waals surface area contributed by atoms with Gasteiger partial charge in [-0.15, -0.1) is 16.4 Å². The number of benzene rings is 3. The topological polar surface area (TPSA) is 128 Å². The number of nitrogens with zero attached hydrogens (tertiary/aromatic N) is 7. The maximum atomic E-state index is 14.0. The Morgan fingerprint density at radius 2 is 1.79 bits per heavy atom. The van der Waals surface area contributed by atoms with Crippen molar-refractivity contribution in [3.63, 3.8) is 0 Å². The molecule has 13 heteroatoms. The van der Waals surface area contributed by atoms with Crippen molar-refractivity contribution in [3.05, 3.63) is 107 Å². The molecule has 9 nitrogen and oxygen atoms in total. The van der Waals surface area contributed by atoms with E-state index in [-0.39, 0.29) is 30.1 Å². The Bertz CT molecular complexity index is 2190. The van der Waals surface area contributed by atoms with Gasteiger partial charge in [0.1, 0.15) is 17.8 Å². The van der Waals surface area contributed by atoms with Gasteiger partial charge in [-0.1, -0.05) is 54.6 Å². The highest BCUT2D eigenvalue weighted by Crippen LogP contribution is 2.55. The largest absolute Gasteiger partial charge is 0.413 e. The molecule has 0 unspecified atom stereocenters. The van der Waals surface area contributed by atoms with Gasteiger partial charge in [-0.05, 0) is 48.6 Å². The van der Waals surface area contributed by atoms with Crippen molar-refractivity contribution < 1.29 is 13.2 Å². The number of aromatic nitrogens is 5. The third kappa shape index (κ3) is 5.28. The molecule has 2 atom stereocenters. The normalized spacial score (nSPS) is 15.1. The summed E-state index contributed by atoms with van der Waals surface area (Å²) in [4.78, 5) is 8.89. The van der Waals surface area contributed by atoms with Crippen LogP contribution in [0.15, 0.2) is 78.6 Å². The molecule has 0 saturated heterocycles. The van der Waals surface area contributed by atoms with Crippen molar-refractivity contribution in [2.24, 2.45) is 0 Å². The first-order chi connectivity index (χ1) is 22.8. The van der Waals surface area contributed by atoms with E-state index in [1.54, 1.807) is 17.6 Å². The molecule has 3 heterocycles. The van der Waals surface area contributed by atoms with Crippen LogP contribution in [0.2, 0.25) is 0 Å². The van der Waals surface area contributed by atoms with Gasteiger partial charge in [0.25, 0.3) is 0 Å². The van der Waals surface area contributed by atoms with Gasteiger partial charge in [-0.3, -0.25) is 4.98 Å². The minimum atomic E-state index is -4.47. The van der Waals surface area contributed by atoms with Crippen LogP contribution in [0.25, 0.3) is 21.1 Å². The lowest BCUT2D eigenvalue weighted by Gasteiger charge is -2.23. The summed E-state index contributed by atoms with van der Waals surface area (Å²) < 4.78 is 43.8. The lowest BCUT2D eigenvalue weighted by Crippen LogP contribution is -2.35. The van der Waals surface area contributed by atoms with Crippen LogP contribution in [-0.2, 0) is 5.54 Å². The van der Waals surface area contributed by atoms with Crippen LogP contribution in [0, 0.1) is 22.7 Å². The van der Waals surface area contributed by atoms with Gasteiger partial charge in [0, 0.05) is 17.3 Å². The van der Waals surface area contributed by atoms with Gasteiger partial charge in [-0.25, -0.2) is 9.67 Å².